The van der Waals surface area contributed by atoms with E-state index in [0.717, 1.165) is 94.9 Å². The molecule has 3 aliphatic carbocycles. The van der Waals surface area contributed by atoms with Crippen LogP contribution >= 0.6 is 0 Å². The number of rotatable bonds is 12. The molecule has 2 aromatic heterocycles. The molecular formula is C87H66N2O2. The van der Waals surface area contributed by atoms with Crippen molar-refractivity contribution in [1.29, 1.82) is 0 Å². The highest BCUT2D eigenvalue weighted by Gasteiger charge is 2.48. The molecule has 0 N–H and O–H groups in total. The van der Waals surface area contributed by atoms with Crippen LogP contribution in [0.15, 0.2) is 300 Å². The summed E-state index contributed by atoms with van der Waals surface area (Å²) in [5, 5.41) is 6.91. The van der Waals surface area contributed by atoms with Crippen LogP contribution in [-0.4, -0.2) is 0 Å². The van der Waals surface area contributed by atoms with Crippen LogP contribution in [0.1, 0.15) is 96.6 Å². The zero-order valence-electron chi connectivity index (χ0n) is 50.7. The number of fused-ring (bicyclic) bond motifs is 11. The molecule has 0 spiro atoms. The molecule has 0 amide bonds. The van der Waals surface area contributed by atoms with Crippen molar-refractivity contribution in [2.75, 3.05) is 9.80 Å². The van der Waals surface area contributed by atoms with Crippen LogP contribution in [-0.2, 0) is 5.41 Å². The molecule has 2 saturated carbocycles. The van der Waals surface area contributed by atoms with Crippen molar-refractivity contribution in [1.82, 2.24) is 0 Å². The first-order valence-electron chi connectivity index (χ1n) is 32.8. The summed E-state index contributed by atoms with van der Waals surface area (Å²) in [6.07, 6.45) is 9.78. The van der Waals surface area contributed by atoms with Crippen LogP contribution in [0.4, 0.5) is 34.1 Å². The van der Waals surface area contributed by atoms with Crippen LogP contribution in [0.3, 0.4) is 0 Å². The standard InChI is InChI=1S/C87H66N2O2/c1-5-25-57(26-6-1)61-33-19-39-65(53-61)88(79-49-23-47-74-72-45-21-43-68(59-29-13-14-30-59)83(72)90-85(74)79)67-51-52-76-77(55-67)87(63-35-9-3-10-36-63,64-37-11-4-12-38-64)78-56-81(70-41-17-18-42-71(70)82(76)78)89(66-40-20-34-62(54-66)58-27-7-2-8-28-58)80-50-24-48-75-73-46-22-44-69(60-31-15-16-32-60)84(73)91-86(75)80/h1-12,17-28,33-56,59-60H,13-16,29-32H2. The molecule has 2 heterocycles. The zero-order valence-corrected chi connectivity index (χ0v) is 50.7. The van der Waals surface area contributed by atoms with Crippen LogP contribution in [0, 0.1) is 0 Å². The lowest BCUT2D eigenvalue weighted by Gasteiger charge is -2.36. The predicted molar refractivity (Wildman–Crippen MR) is 378 cm³/mol. The van der Waals surface area contributed by atoms with E-state index in [2.05, 4.69) is 301 Å². The van der Waals surface area contributed by atoms with Crippen molar-refractivity contribution in [3.8, 4) is 33.4 Å². The van der Waals surface area contributed by atoms with E-state index in [1.54, 1.807) is 0 Å². The molecule has 15 aromatic rings. The SMILES string of the molecule is c1ccc(-c2cccc(N(c3ccc4c(c3)C(c3ccccc3)(c3ccccc3)c3cc(N(c5cccc(-c6ccccc6)c5)c5cccc6c5oc5c(C7CCCC7)cccc56)c5ccccc5c3-4)c3cccc4c3oc3c(C5CCCC5)cccc34)c2)cc1. The fraction of sp³-hybridized carbons (Fsp3) is 0.126. The third-order valence-electron chi connectivity index (χ3n) is 20.6. The lowest BCUT2D eigenvalue weighted by Crippen LogP contribution is -2.29. The summed E-state index contributed by atoms with van der Waals surface area (Å²) in [7, 11) is 0. The number of hydrogen-bond donors (Lipinski definition) is 0. The van der Waals surface area contributed by atoms with Gasteiger partial charge in [-0.2, -0.15) is 0 Å². The summed E-state index contributed by atoms with van der Waals surface area (Å²) >= 11 is 0. The van der Waals surface area contributed by atoms with E-state index >= 15 is 0 Å². The number of hydrogen-bond acceptors (Lipinski definition) is 4. The summed E-state index contributed by atoms with van der Waals surface area (Å²) in [5.74, 6) is 0.976. The topological polar surface area (TPSA) is 32.8 Å². The second-order valence-electron chi connectivity index (χ2n) is 25.5. The lowest BCUT2D eigenvalue weighted by atomic mass is 9.67. The van der Waals surface area contributed by atoms with E-state index in [4.69, 9.17) is 8.83 Å². The van der Waals surface area contributed by atoms with Crippen molar-refractivity contribution >= 4 is 88.8 Å². The molecule has 4 heteroatoms. The molecule has 3 aliphatic rings. The molecule has 91 heavy (non-hydrogen) atoms. The maximum atomic E-state index is 7.46. The van der Waals surface area contributed by atoms with Gasteiger partial charge in [-0.1, -0.05) is 262 Å². The van der Waals surface area contributed by atoms with Gasteiger partial charge in [0.05, 0.1) is 22.5 Å². The van der Waals surface area contributed by atoms with Gasteiger partial charge in [0, 0.05) is 44.0 Å². The number of anilines is 6. The van der Waals surface area contributed by atoms with Gasteiger partial charge in [0.15, 0.2) is 11.2 Å². The van der Waals surface area contributed by atoms with E-state index in [-0.39, 0.29) is 0 Å². The molecule has 0 bridgehead atoms. The highest BCUT2D eigenvalue weighted by Crippen LogP contribution is 2.62. The van der Waals surface area contributed by atoms with Gasteiger partial charge in [0.25, 0.3) is 0 Å². The third kappa shape index (κ3) is 8.56. The molecular weight excluding hydrogens is 1100 g/mol. The highest BCUT2D eigenvalue weighted by molar-refractivity contribution is 6.16. The first-order valence-corrected chi connectivity index (χ1v) is 32.8. The molecule has 436 valence electrons. The quantitative estimate of drug-likeness (QED) is 0.122. The molecule has 18 rings (SSSR count). The predicted octanol–water partition coefficient (Wildman–Crippen LogP) is 24.6. The van der Waals surface area contributed by atoms with Gasteiger partial charge in [-0.25, -0.2) is 0 Å². The Balaban J connectivity index is 0.917. The third-order valence-corrected chi connectivity index (χ3v) is 20.6. The molecule has 0 saturated heterocycles. The van der Waals surface area contributed by atoms with Crippen LogP contribution in [0.5, 0.6) is 0 Å². The maximum absolute atomic E-state index is 7.46. The second-order valence-corrected chi connectivity index (χ2v) is 25.5. The van der Waals surface area contributed by atoms with E-state index in [1.807, 2.05) is 0 Å². The van der Waals surface area contributed by atoms with E-state index in [1.165, 1.54) is 112 Å². The Kier molecular flexibility index (Phi) is 12.8. The molecule has 13 aromatic carbocycles. The van der Waals surface area contributed by atoms with Crippen molar-refractivity contribution in [3.63, 3.8) is 0 Å². The highest BCUT2D eigenvalue weighted by atomic mass is 16.3. The van der Waals surface area contributed by atoms with Crippen molar-refractivity contribution < 1.29 is 8.83 Å². The Labute approximate surface area is 530 Å². The van der Waals surface area contributed by atoms with Crippen molar-refractivity contribution in [3.05, 3.63) is 325 Å². The maximum Gasteiger partial charge on any atom is 0.159 e. The number of benzene rings is 13. The van der Waals surface area contributed by atoms with E-state index < -0.39 is 5.41 Å². The Morgan fingerprint density at radius 1 is 0.286 bits per heavy atom. The monoisotopic (exact) mass is 1170 g/mol. The summed E-state index contributed by atoms with van der Waals surface area (Å²) < 4.78 is 14.9. The van der Waals surface area contributed by atoms with Crippen molar-refractivity contribution in [2.24, 2.45) is 0 Å². The van der Waals surface area contributed by atoms with Crippen LogP contribution in [0.25, 0.3) is 88.0 Å². The lowest BCUT2D eigenvalue weighted by molar-refractivity contribution is 0.643. The van der Waals surface area contributed by atoms with Crippen LogP contribution < -0.4 is 9.80 Å². The van der Waals surface area contributed by atoms with Crippen LogP contribution in [0.2, 0.25) is 0 Å². The van der Waals surface area contributed by atoms with Gasteiger partial charge in [-0.05, 0) is 164 Å². The minimum atomic E-state index is -0.819. The summed E-state index contributed by atoms with van der Waals surface area (Å²) in [4.78, 5) is 4.98. The fourth-order valence-corrected chi connectivity index (χ4v) is 16.5. The summed E-state index contributed by atoms with van der Waals surface area (Å²) in [5.41, 5.74) is 23.7. The molecule has 0 atom stereocenters. The first-order chi connectivity index (χ1) is 45.2. The second kappa shape index (κ2) is 21.8. The minimum absolute atomic E-state index is 0.484. The van der Waals surface area contributed by atoms with Gasteiger partial charge in [0.1, 0.15) is 11.2 Å². The fourth-order valence-electron chi connectivity index (χ4n) is 16.5. The van der Waals surface area contributed by atoms with Gasteiger partial charge < -0.3 is 18.6 Å². The normalized spacial score (nSPS) is 14.7. The summed E-state index contributed by atoms with van der Waals surface area (Å²) in [6, 6.07) is 108. The zero-order chi connectivity index (χ0) is 60.0. The Morgan fingerprint density at radius 3 is 1.22 bits per heavy atom. The minimum Gasteiger partial charge on any atom is -0.454 e. The summed E-state index contributed by atoms with van der Waals surface area (Å²) in [6.45, 7) is 0. The Bertz CT molecular complexity index is 5230. The Hall–Kier alpha value is -10.7. The van der Waals surface area contributed by atoms with E-state index in [0.29, 0.717) is 11.8 Å². The van der Waals surface area contributed by atoms with Gasteiger partial charge in [0.2, 0.25) is 0 Å². The van der Waals surface area contributed by atoms with Gasteiger partial charge >= 0.3 is 0 Å². The molecule has 0 radical (unpaired) electrons. The number of para-hydroxylation sites is 4. The number of furan rings is 2. The molecule has 4 nitrogen and oxygen atoms in total. The molecule has 2 fully saturated rings. The largest absolute Gasteiger partial charge is 0.454 e. The number of nitrogens with zero attached hydrogens (tertiary/aromatic N) is 2. The molecule has 0 unspecified atom stereocenters. The Morgan fingerprint density at radius 2 is 0.692 bits per heavy atom. The van der Waals surface area contributed by atoms with Gasteiger partial charge in [-0.15, -0.1) is 0 Å². The average Bonchev–Trinajstić information content (AvgIpc) is 1.54. The van der Waals surface area contributed by atoms with Gasteiger partial charge in [-0.3, -0.25) is 0 Å². The van der Waals surface area contributed by atoms with E-state index in [9.17, 15) is 0 Å². The average molecular weight is 1170 g/mol. The first kappa shape index (κ1) is 53.4. The van der Waals surface area contributed by atoms with Crippen molar-refractivity contribution in [2.45, 2.75) is 68.6 Å². The smallest absolute Gasteiger partial charge is 0.159 e. The molecule has 0 aliphatic heterocycles.